The largest absolute Gasteiger partial charge is 0.494 e. The Morgan fingerprint density at radius 2 is 1.64 bits per heavy atom. The maximum atomic E-state index is 11.9. The topological polar surface area (TPSA) is 52.3 Å². The summed E-state index contributed by atoms with van der Waals surface area (Å²) in [6, 6.07) is 24.2. The number of amides is 1. The van der Waals surface area contributed by atoms with Gasteiger partial charge in [0.2, 0.25) is 5.91 Å². The molecule has 2 N–H and O–H groups in total. The van der Waals surface area contributed by atoms with Crippen LogP contribution in [0, 0.1) is 5.92 Å². The molecule has 0 unspecified atom stereocenters. The van der Waals surface area contributed by atoms with Crippen molar-refractivity contribution in [3.8, 4) is 5.75 Å². The molecule has 0 saturated carbocycles. The second-order valence-corrected chi connectivity index (χ2v) is 6.25. The van der Waals surface area contributed by atoms with Crippen LogP contribution in [0.3, 0.4) is 0 Å². The van der Waals surface area contributed by atoms with Gasteiger partial charge in [-0.2, -0.15) is 0 Å². The zero-order chi connectivity index (χ0) is 17.5. The van der Waals surface area contributed by atoms with Crippen LogP contribution in [0.2, 0.25) is 0 Å². The van der Waals surface area contributed by atoms with Crippen molar-refractivity contribution in [2.75, 3.05) is 6.61 Å². The number of para-hydroxylation sites is 1. The van der Waals surface area contributed by atoms with Crippen LogP contribution < -0.4 is 10.5 Å². The third-order valence-electron chi connectivity index (χ3n) is 4.46. The molecule has 0 bridgehead atoms. The molecule has 0 aliphatic heterocycles. The van der Waals surface area contributed by atoms with Gasteiger partial charge in [0.05, 0.1) is 6.61 Å². The maximum absolute atomic E-state index is 11.9. The van der Waals surface area contributed by atoms with E-state index in [1.54, 1.807) is 0 Å². The predicted molar refractivity (Wildman–Crippen MR) is 102 cm³/mol. The van der Waals surface area contributed by atoms with E-state index in [0.29, 0.717) is 13.0 Å². The Morgan fingerprint density at radius 3 is 2.44 bits per heavy atom. The molecule has 0 spiro atoms. The molecule has 3 heteroatoms. The molecule has 0 radical (unpaired) electrons. The molecule has 128 valence electrons. The Labute approximate surface area is 148 Å². The predicted octanol–water partition coefficient (Wildman–Crippen LogP) is 4.34. The van der Waals surface area contributed by atoms with Gasteiger partial charge in [-0.05, 0) is 47.7 Å². The Balaban J connectivity index is 1.60. The molecule has 0 aliphatic rings. The van der Waals surface area contributed by atoms with Crippen LogP contribution >= 0.6 is 0 Å². The molecule has 3 rings (SSSR count). The van der Waals surface area contributed by atoms with Crippen molar-refractivity contribution in [1.82, 2.24) is 0 Å². The fraction of sp³-hybridized carbons (Fsp3) is 0.227. The molecule has 0 aliphatic carbocycles. The summed E-state index contributed by atoms with van der Waals surface area (Å²) in [4.78, 5) is 11.9. The molecule has 0 aromatic heterocycles. The van der Waals surface area contributed by atoms with E-state index in [1.807, 2.05) is 48.5 Å². The highest BCUT2D eigenvalue weighted by Gasteiger charge is 2.17. The number of carbonyl (C=O) groups excluding carboxylic acids is 1. The molecule has 0 fully saturated rings. The van der Waals surface area contributed by atoms with E-state index in [1.165, 1.54) is 16.3 Å². The summed E-state index contributed by atoms with van der Waals surface area (Å²) in [5, 5.41) is 2.38. The van der Waals surface area contributed by atoms with E-state index in [-0.39, 0.29) is 11.8 Å². The molecule has 25 heavy (non-hydrogen) atoms. The second kappa shape index (κ2) is 8.34. The monoisotopic (exact) mass is 333 g/mol. The van der Waals surface area contributed by atoms with Gasteiger partial charge in [0.1, 0.15) is 5.75 Å². The van der Waals surface area contributed by atoms with E-state index in [0.717, 1.165) is 18.6 Å². The molecule has 0 saturated heterocycles. The van der Waals surface area contributed by atoms with Crippen molar-refractivity contribution >= 4 is 16.7 Å². The second-order valence-electron chi connectivity index (χ2n) is 6.25. The summed E-state index contributed by atoms with van der Waals surface area (Å²) >= 11 is 0. The average molecular weight is 333 g/mol. The van der Waals surface area contributed by atoms with Crippen LogP contribution in [-0.4, -0.2) is 12.5 Å². The summed E-state index contributed by atoms with van der Waals surface area (Å²) in [5.74, 6) is 0.435. The third kappa shape index (κ3) is 4.60. The zero-order valence-electron chi connectivity index (χ0n) is 14.2. The number of benzene rings is 3. The van der Waals surface area contributed by atoms with Crippen molar-refractivity contribution < 1.29 is 9.53 Å². The van der Waals surface area contributed by atoms with E-state index < -0.39 is 0 Å². The van der Waals surface area contributed by atoms with Crippen molar-refractivity contribution in [3.05, 3.63) is 78.4 Å². The zero-order valence-corrected chi connectivity index (χ0v) is 14.2. The van der Waals surface area contributed by atoms with Crippen LogP contribution in [0.4, 0.5) is 0 Å². The summed E-state index contributed by atoms with van der Waals surface area (Å²) < 4.78 is 5.70. The van der Waals surface area contributed by atoms with Gasteiger partial charge >= 0.3 is 0 Å². The fourth-order valence-electron chi connectivity index (χ4n) is 3.12. The van der Waals surface area contributed by atoms with Crippen molar-refractivity contribution in [2.45, 2.75) is 19.3 Å². The quantitative estimate of drug-likeness (QED) is 0.623. The molecular formula is C22H23NO2. The minimum Gasteiger partial charge on any atom is -0.494 e. The molecule has 3 aromatic carbocycles. The molecule has 0 heterocycles. The molecular weight excluding hydrogens is 310 g/mol. The van der Waals surface area contributed by atoms with E-state index in [9.17, 15) is 4.79 Å². The molecule has 3 nitrogen and oxygen atoms in total. The van der Waals surface area contributed by atoms with Gasteiger partial charge in [-0.15, -0.1) is 0 Å². The Bertz CT molecular complexity index is 824. The van der Waals surface area contributed by atoms with Crippen molar-refractivity contribution in [3.63, 3.8) is 0 Å². The van der Waals surface area contributed by atoms with Gasteiger partial charge < -0.3 is 10.5 Å². The van der Waals surface area contributed by atoms with E-state index in [4.69, 9.17) is 10.5 Å². The number of nitrogens with two attached hydrogens (primary N) is 1. The Kier molecular flexibility index (Phi) is 5.68. The lowest BCUT2D eigenvalue weighted by Crippen LogP contribution is -2.25. The van der Waals surface area contributed by atoms with Crippen LogP contribution in [0.15, 0.2) is 72.8 Å². The van der Waals surface area contributed by atoms with Crippen LogP contribution in [0.25, 0.3) is 10.8 Å². The fourth-order valence-corrected chi connectivity index (χ4v) is 3.12. The van der Waals surface area contributed by atoms with Crippen LogP contribution in [0.1, 0.15) is 18.4 Å². The maximum Gasteiger partial charge on any atom is 0.220 e. The SMILES string of the molecule is NC(=O)[C@@H](CCCOc1ccccc1)Cc1cccc2ccccc12. The summed E-state index contributed by atoms with van der Waals surface area (Å²) in [6.07, 6.45) is 2.20. The number of hydrogen-bond donors (Lipinski definition) is 1. The van der Waals surface area contributed by atoms with E-state index in [2.05, 4.69) is 24.3 Å². The van der Waals surface area contributed by atoms with Crippen LogP contribution in [-0.2, 0) is 11.2 Å². The van der Waals surface area contributed by atoms with Crippen LogP contribution in [0.5, 0.6) is 5.75 Å². The molecule has 3 aromatic rings. The molecule has 1 amide bonds. The first-order chi connectivity index (χ1) is 12.2. The van der Waals surface area contributed by atoms with Gasteiger partial charge in [-0.25, -0.2) is 0 Å². The lowest BCUT2D eigenvalue weighted by atomic mass is 9.91. The smallest absolute Gasteiger partial charge is 0.220 e. The lowest BCUT2D eigenvalue weighted by Gasteiger charge is -2.15. The first-order valence-electron chi connectivity index (χ1n) is 8.68. The highest BCUT2D eigenvalue weighted by molar-refractivity contribution is 5.86. The highest BCUT2D eigenvalue weighted by Crippen LogP contribution is 2.23. The van der Waals surface area contributed by atoms with Gasteiger partial charge in [0.15, 0.2) is 0 Å². The minimum atomic E-state index is -0.243. The first kappa shape index (κ1) is 17.0. The van der Waals surface area contributed by atoms with Gasteiger partial charge in [0, 0.05) is 5.92 Å². The standard InChI is InChI=1S/C22H23NO2/c23-22(24)19(11-7-15-25-20-12-2-1-3-13-20)16-18-10-6-9-17-8-4-5-14-21(17)18/h1-6,8-10,12-14,19H,7,11,15-16H2,(H2,23,24)/t19-/m0/s1. The third-order valence-corrected chi connectivity index (χ3v) is 4.46. The highest BCUT2D eigenvalue weighted by atomic mass is 16.5. The summed E-state index contributed by atoms with van der Waals surface area (Å²) in [6.45, 7) is 0.587. The number of hydrogen-bond acceptors (Lipinski definition) is 2. The summed E-state index contributed by atoms with van der Waals surface area (Å²) in [7, 11) is 0. The number of primary amides is 1. The number of fused-ring (bicyclic) bond motifs is 1. The van der Waals surface area contributed by atoms with E-state index >= 15 is 0 Å². The lowest BCUT2D eigenvalue weighted by molar-refractivity contribution is -0.122. The Morgan fingerprint density at radius 1 is 0.920 bits per heavy atom. The minimum absolute atomic E-state index is 0.176. The van der Waals surface area contributed by atoms with Crippen molar-refractivity contribution in [2.24, 2.45) is 11.7 Å². The number of ether oxygens (including phenoxy) is 1. The average Bonchev–Trinajstić information content (AvgIpc) is 2.65. The first-order valence-corrected chi connectivity index (χ1v) is 8.68. The molecule has 1 atom stereocenters. The number of rotatable bonds is 8. The number of carbonyl (C=O) groups is 1. The summed E-state index contributed by atoms with van der Waals surface area (Å²) in [5.41, 5.74) is 6.81. The van der Waals surface area contributed by atoms with Gasteiger partial charge in [0.25, 0.3) is 0 Å². The van der Waals surface area contributed by atoms with Crippen molar-refractivity contribution in [1.29, 1.82) is 0 Å². The normalized spacial score (nSPS) is 12.0. The van der Waals surface area contributed by atoms with Gasteiger partial charge in [-0.1, -0.05) is 60.7 Å². The van der Waals surface area contributed by atoms with Gasteiger partial charge in [-0.3, -0.25) is 4.79 Å². The Hall–Kier alpha value is -2.81.